The molecule has 96 valence electrons. The first kappa shape index (κ1) is 12.8. The number of nitrogens with one attached hydrogen (secondary N) is 1. The van der Waals surface area contributed by atoms with E-state index in [4.69, 9.17) is 16.7 Å². The van der Waals surface area contributed by atoms with Crippen molar-refractivity contribution in [3.05, 3.63) is 34.6 Å². The molecular weight excluding hydrogens is 261 g/mol. The molecule has 1 amide bonds. The summed E-state index contributed by atoms with van der Waals surface area (Å²) < 4.78 is 12.9. The standard InChI is InChI=1S/C12H11ClFNO3/c13-9-3-6(1-2-10(9)14)5-15-11(16)7-4-8(7)12(17)18/h1-3,7-8H,4-5H2,(H,15,16)(H,17,18)/t7-,8-/m0/s1. The Labute approximate surface area is 108 Å². The van der Waals surface area contributed by atoms with E-state index in [0.717, 1.165) is 0 Å². The molecule has 0 saturated heterocycles. The van der Waals surface area contributed by atoms with Gasteiger partial charge in [-0.1, -0.05) is 17.7 Å². The molecule has 1 aliphatic rings. The van der Waals surface area contributed by atoms with Crippen molar-refractivity contribution in [1.29, 1.82) is 0 Å². The monoisotopic (exact) mass is 271 g/mol. The molecule has 0 bridgehead atoms. The van der Waals surface area contributed by atoms with Crippen molar-refractivity contribution in [3.63, 3.8) is 0 Å². The molecule has 2 rings (SSSR count). The molecule has 0 radical (unpaired) electrons. The third kappa shape index (κ3) is 2.79. The first-order valence-corrected chi connectivity index (χ1v) is 5.81. The third-order valence-electron chi connectivity index (χ3n) is 2.90. The number of carboxylic acid groups (broad SMARTS) is 1. The Hall–Kier alpha value is -1.62. The molecule has 4 nitrogen and oxygen atoms in total. The third-order valence-corrected chi connectivity index (χ3v) is 3.18. The molecule has 18 heavy (non-hydrogen) atoms. The topological polar surface area (TPSA) is 66.4 Å². The lowest BCUT2D eigenvalue weighted by Crippen LogP contribution is -2.25. The van der Waals surface area contributed by atoms with Gasteiger partial charge in [0.2, 0.25) is 5.91 Å². The zero-order valence-electron chi connectivity index (χ0n) is 9.32. The fraction of sp³-hybridized carbons (Fsp3) is 0.333. The van der Waals surface area contributed by atoms with Gasteiger partial charge >= 0.3 is 5.97 Å². The lowest BCUT2D eigenvalue weighted by molar-refractivity contribution is -0.140. The van der Waals surface area contributed by atoms with Crippen LogP contribution in [0.2, 0.25) is 5.02 Å². The van der Waals surface area contributed by atoms with E-state index in [-0.39, 0.29) is 17.5 Å². The number of hydrogen-bond donors (Lipinski definition) is 2. The Morgan fingerprint density at radius 1 is 1.44 bits per heavy atom. The number of carbonyl (C=O) groups is 2. The second kappa shape index (κ2) is 4.94. The van der Waals surface area contributed by atoms with Gasteiger partial charge in [-0.25, -0.2) is 4.39 Å². The lowest BCUT2D eigenvalue weighted by Gasteiger charge is -2.05. The molecule has 6 heteroatoms. The number of carbonyl (C=O) groups excluding carboxylic acids is 1. The lowest BCUT2D eigenvalue weighted by atomic mass is 10.2. The van der Waals surface area contributed by atoms with Crippen molar-refractivity contribution in [1.82, 2.24) is 5.32 Å². The van der Waals surface area contributed by atoms with Gasteiger partial charge < -0.3 is 10.4 Å². The SMILES string of the molecule is O=C(O)[C@H]1C[C@@H]1C(=O)NCc1ccc(F)c(Cl)c1. The molecule has 2 N–H and O–H groups in total. The van der Waals surface area contributed by atoms with E-state index in [1.807, 2.05) is 0 Å². The minimum Gasteiger partial charge on any atom is -0.481 e. The fourth-order valence-electron chi connectivity index (χ4n) is 1.73. The van der Waals surface area contributed by atoms with E-state index < -0.39 is 23.6 Å². The van der Waals surface area contributed by atoms with E-state index in [1.165, 1.54) is 18.2 Å². The van der Waals surface area contributed by atoms with Gasteiger partial charge in [-0.05, 0) is 24.1 Å². The zero-order valence-corrected chi connectivity index (χ0v) is 10.1. The molecule has 1 saturated carbocycles. The first-order valence-electron chi connectivity index (χ1n) is 5.43. The summed E-state index contributed by atoms with van der Waals surface area (Å²) >= 11 is 5.60. The van der Waals surface area contributed by atoms with E-state index in [2.05, 4.69) is 5.32 Å². The van der Waals surface area contributed by atoms with Crippen LogP contribution in [0.4, 0.5) is 4.39 Å². The highest BCUT2D eigenvalue weighted by molar-refractivity contribution is 6.30. The largest absolute Gasteiger partial charge is 0.481 e. The van der Waals surface area contributed by atoms with E-state index in [0.29, 0.717) is 12.0 Å². The fourth-order valence-corrected chi connectivity index (χ4v) is 1.93. The molecule has 1 fully saturated rings. The van der Waals surface area contributed by atoms with Crippen LogP contribution < -0.4 is 5.32 Å². The van der Waals surface area contributed by atoms with Gasteiger partial charge in [0.25, 0.3) is 0 Å². The molecule has 0 heterocycles. The number of aliphatic carboxylic acids is 1. The van der Waals surface area contributed by atoms with E-state index in [1.54, 1.807) is 0 Å². The highest BCUT2D eigenvalue weighted by Crippen LogP contribution is 2.38. The van der Waals surface area contributed by atoms with Gasteiger partial charge in [0.05, 0.1) is 16.9 Å². The zero-order chi connectivity index (χ0) is 13.3. The summed E-state index contributed by atoms with van der Waals surface area (Å²) in [7, 11) is 0. The Bertz CT molecular complexity index is 506. The predicted molar refractivity (Wildman–Crippen MR) is 62.5 cm³/mol. The van der Waals surface area contributed by atoms with Crippen molar-refractivity contribution in [2.75, 3.05) is 0 Å². The van der Waals surface area contributed by atoms with Crippen LogP contribution >= 0.6 is 11.6 Å². The average molecular weight is 272 g/mol. The van der Waals surface area contributed by atoms with Crippen LogP contribution in [0.1, 0.15) is 12.0 Å². The number of amides is 1. The molecular formula is C12H11ClFNO3. The second-order valence-electron chi connectivity index (χ2n) is 4.25. The Kier molecular flexibility index (Phi) is 3.52. The van der Waals surface area contributed by atoms with Crippen molar-refractivity contribution < 1.29 is 19.1 Å². The summed E-state index contributed by atoms with van der Waals surface area (Å²) in [6.45, 7) is 0.210. The summed E-state index contributed by atoms with van der Waals surface area (Å²) in [5, 5.41) is 11.3. The van der Waals surface area contributed by atoms with Crippen molar-refractivity contribution in [3.8, 4) is 0 Å². The van der Waals surface area contributed by atoms with Crippen LogP contribution in [0.3, 0.4) is 0 Å². The number of halogens is 2. The van der Waals surface area contributed by atoms with Crippen LogP contribution in [0.15, 0.2) is 18.2 Å². The summed E-state index contributed by atoms with van der Waals surface area (Å²) in [6, 6.07) is 4.17. The first-order chi connectivity index (χ1) is 8.49. The van der Waals surface area contributed by atoms with Crippen LogP contribution in [0, 0.1) is 17.7 Å². The van der Waals surface area contributed by atoms with Crippen molar-refractivity contribution in [2.45, 2.75) is 13.0 Å². The molecule has 0 spiro atoms. The number of hydrogen-bond acceptors (Lipinski definition) is 2. The van der Waals surface area contributed by atoms with E-state index in [9.17, 15) is 14.0 Å². The number of carboxylic acids is 1. The second-order valence-corrected chi connectivity index (χ2v) is 4.66. The summed E-state index contributed by atoms with van der Waals surface area (Å²) in [5.41, 5.74) is 0.669. The minimum atomic E-state index is -0.944. The summed E-state index contributed by atoms with van der Waals surface area (Å²) in [6.07, 6.45) is 0.380. The molecule has 1 aliphatic carbocycles. The maximum atomic E-state index is 12.9. The van der Waals surface area contributed by atoms with Gasteiger partial charge in [0.1, 0.15) is 5.82 Å². The van der Waals surface area contributed by atoms with Gasteiger partial charge in [-0.15, -0.1) is 0 Å². The molecule has 1 aromatic rings. The maximum Gasteiger partial charge on any atom is 0.307 e. The summed E-state index contributed by atoms with van der Waals surface area (Å²) in [5.74, 6) is -2.76. The highest BCUT2D eigenvalue weighted by atomic mass is 35.5. The normalized spacial score (nSPS) is 21.4. The molecule has 0 unspecified atom stereocenters. The molecule has 2 atom stereocenters. The Morgan fingerprint density at radius 2 is 2.17 bits per heavy atom. The predicted octanol–water partition coefficient (Wildman–Crippen LogP) is 1.82. The average Bonchev–Trinajstić information content (AvgIpc) is 3.10. The van der Waals surface area contributed by atoms with Crippen molar-refractivity contribution >= 4 is 23.5 Å². The van der Waals surface area contributed by atoms with Crippen molar-refractivity contribution in [2.24, 2.45) is 11.8 Å². The Morgan fingerprint density at radius 3 is 2.72 bits per heavy atom. The van der Waals surface area contributed by atoms with E-state index >= 15 is 0 Å². The quantitative estimate of drug-likeness (QED) is 0.878. The minimum absolute atomic E-state index is 0.00316. The Balaban J connectivity index is 1.87. The van der Waals surface area contributed by atoms with Gasteiger partial charge in [-0.2, -0.15) is 0 Å². The maximum absolute atomic E-state index is 12.9. The van der Waals surface area contributed by atoms with Crippen LogP contribution in [-0.4, -0.2) is 17.0 Å². The van der Waals surface area contributed by atoms with Gasteiger partial charge in [0, 0.05) is 6.54 Å². The highest BCUT2D eigenvalue weighted by Gasteiger charge is 2.48. The van der Waals surface area contributed by atoms with Crippen LogP contribution in [0.25, 0.3) is 0 Å². The summed E-state index contributed by atoms with van der Waals surface area (Å²) in [4.78, 5) is 22.2. The molecule has 0 aromatic heterocycles. The number of benzene rings is 1. The van der Waals surface area contributed by atoms with Gasteiger partial charge in [0.15, 0.2) is 0 Å². The molecule has 1 aromatic carbocycles. The van der Waals surface area contributed by atoms with Crippen LogP contribution in [-0.2, 0) is 16.1 Å². The molecule has 0 aliphatic heterocycles. The smallest absolute Gasteiger partial charge is 0.307 e. The van der Waals surface area contributed by atoms with Crippen LogP contribution in [0.5, 0.6) is 0 Å². The number of rotatable bonds is 4. The van der Waals surface area contributed by atoms with Gasteiger partial charge in [-0.3, -0.25) is 9.59 Å².